The number of azo groups is 1. The van der Waals surface area contributed by atoms with Crippen molar-refractivity contribution >= 4 is 39.7 Å². The summed E-state index contributed by atoms with van der Waals surface area (Å²) >= 11 is 6.02. The van der Waals surface area contributed by atoms with Gasteiger partial charge in [-0.05, 0) is 23.6 Å². The highest BCUT2D eigenvalue weighted by atomic mass is 35.5. The zero-order chi connectivity index (χ0) is 16.4. The van der Waals surface area contributed by atoms with Gasteiger partial charge in [0.25, 0.3) is 0 Å². The molecule has 0 radical (unpaired) electrons. The van der Waals surface area contributed by atoms with Crippen molar-refractivity contribution in [3.05, 3.63) is 65.2 Å². The van der Waals surface area contributed by atoms with Crippen molar-refractivity contribution in [2.24, 2.45) is 10.2 Å². The van der Waals surface area contributed by atoms with Crippen molar-refractivity contribution in [1.82, 2.24) is 0 Å². The number of halogens is 1. The van der Waals surface area contributed by atoms with Crippen molar-refractivity contribution in [1.29, 1.82) is 0 Å². The molecule has 0 aliphatic carbocycles. The Kier molecular flexibility index (Phi) is 3.95. The predicted octanol–water partition coefficient (Wildman–Crippen LogP) is 5.31. The highest BCUT2D eigenvalue weighted by Crippen LogP contribution is 2.39. The molecule has 114 valence electrons. The smallest absolute Gasteiger partial charge is 0.339 e. The molecule has 0 heterocycles. The van der Waals surface area contributed by atoms with Crippen molar-refractivity contribution in [3.8, 4) is 5.75 Å². The van der Waals surface area contributed by atoms with Gasteiger partial charge in [-0.2, -0.15) is 0 Å². The molecule has 0 aliphatic heterocycles. The molecule has 0 atom stereocenters. The molecule has 23 heavy (non-hydrogen) atoms. The van der Waals surface area contributed by atoms with E-state index in [-0.39, 0.29) is 11.3 Å². The molecule has 3 aromatic rings. The third-order valence-corrected chi connectivity index (χ3v) is 3.66. The summed E-state index contributed by atoms with van der Waals surface area (Å²) < 4.78 is 0. The summed E-state index contributed by atoms with van der Waals surface area (Å²) in [6, 6.07) is 15.3. The Bertz CT molecular complexity index is 938. The van der Waals surface area contributed by atoms with Crippen LogP contribution >= 0.6 is 11.6 Å². The number of carboxylic acid groups (broad SMARTS) is 1. The fourth-order valence-corrected chi connectivity index (χ4v) is 2.39. The van der Waals surface area contributed by atoms with E-state index < -0.39 is 11.7 Å². The first-order valence-electron chi connectivity index (χ1n) is 6.72. The van der Waals surface area contributed by atoms with E-state index >= 15 is 0 Å². The van der Waals surface area contributed by atoms with Crippen LogP contribution in [-0.2, 0) is 0 Å². The van der Waals surface area contributed by atoms with E-state index in [0.29, 0.717) is 21.5 Å². The third kappa shape index (κ3) is 2.86. The summed E-state index contributed by atoms with van der Waals surface area (Å²) in [5.74, 6) is -1.66. The number of rotatable bonds is 3. The molecule has 0 bridgehead atoms. The lowest BCUT2D eigenvalue weighted by Gasteiger charge is -2.07. The summed E-state index contributed by atoms with van der Waals surface area (Å²) in [5.41, 5.74) is 0.301. The van der Waals surface area contributed by atoms with Crippen LogP contribution in [0.3, 0.4) is 0 Å². The van der Waals surface area contributed by atoms with Crippen molar-refractivity contribution in [3.63, 3.8) is 0 Å². The number of benzene rings is 3. The molecule has 3 rings (SSSR count). The zero-order valence-electron chi connectivity index (χ0n) is 11.8. The number of carboxylic acids is 1. The zero-order valence-corrected chi connectivity index (χ0v) is 12.5. The molecule has 0 amide bonds. The monoisotopic (exact) mass is 326 g/mol. The van der Waals surface area contributed by atoms with Crippen LogP contribution in [0.25, 0.3) is 10.8 Å². The Balaban J connectivity index is 2.21. The second kappa shape index (κ2) is 6.06. The van der Waals surface area contributed by atoms with E-state index in [2.05, 4.69) is 10.2 Å². The lowest BCUT2D eigenvalue weighted by atomic mass is 10.0. The van der Waals surface area contributed by atoms with E-state index in [0.717, 1.165) is 0 Å². The van der Waals surface area contributed by atoms with Crippen LogP contribution in [0, 0.1) is 0 Å². The van der Waals surface area contributed by atoms with Gasteiger partial charge in [-0.25, -0.2) is 4.79 Å². The van der Waals surface area contributed by atoms with Crippen LogP contribution in [0.1, 0.15) is 10.4 Å². The average Bonchev–Trinajstić information content (AvgIpc) is 2.54. The number of phenols is 1. The largest absolute Gasteiger partial charge is 0.505 e. The first-order valence-corrected chi connectivity index (χ1v) is 7.10. The number of hydrogen-bond donors (Lipinski definition) is 2. The summed E-state index contributed by atoms with van der Waals surface area (Å²) in [4.78, 5) is 11.3. The molecular weight excluding hydrogens is 316 g/mol. The van der Waals surface area contributed by atoms with Gasteiger partial charge in [0.15, 0.2) is 5.75 Å². The summed E-state index contributed by atoms with van der Waals surface area (Å²) in [5, 5.41) is 29.2. The Morgan fingerprint density at radius 2 is 1.70 bits per heavy atom. The number of aromatic hydroxyl groups is 1. The Hall–Kier alpha value is -2.92. The summed E-state index contributed by atoms with van der Waals surface area (Å²) in [6.07, 6.45) is 0. The SMILES string of the molecule is O=C(O)c1cc2ccccc2c(N=Nc2ccccc2Cl)c1O. The van der Waals surface area contributed by atoms with Crippen LogP contribution < -0.4 is 0 Å². The van der Waals surface area contributed by atoms with Gasteiger partial charge in [-0.3, -0.25) is 0 Å². The standard InChI is InChI=1S/C17H11ClN2O3/c18-13-7-3-4-8-14(13)19-20-15-11-6-2-1-5-10(11)9-12(16(15)21)17(22)23/h1-9,21H,(H,22,23). The average molecular weight is 327 g/mol. The highest BCUT2D eigenvalue weighted by molar-refractivity contribution is 6.32. The molecule has 0 spiro atoms. The first-order chi connectivity index (χ1) is 11.1. The number of nitrogens with zero attached hydrogens (tertiary/aromatic N) is 2. The van der Waals surface area contributed by atoms with E-state index in [9.17, 15) is 15.0 Å². The highest BCUT2D eigenvalue weighted by Gasteiger charge is 2.17. The molecule has 2 N–H and O–H groups in total. The molecule has 5 nitrogen and oxygen atoms in total. The van der Waals surface area contributed by atoms with Crippen molar-refractivity contribution in [2.75, 3.05) is 0 Å². The lowest BCUT2D eigenvalue weighted by Crippen LogP contribution is -1.97. The molecular formula is C17H11ClN2O3. The van der Waals surface area contributed by atoms with Gasteiger partial charge in [0.05, 0.1) is 5.02 Å². The van der Waals surface area contributed by atoms with Gasteiger partial charge in [0, 0.05) is 5.39 Å². The number of fused-ring (bicyclic) bond motifs is 1. The molecule has 3 aromatic carbocycles. The summed E-state index contributed by atoms with van der Waals surface area (Å²) in [6.45, 7) is 0. The number of hydrogen-bond acceptors (Lipinski definition) is 4. The fraction of sp³-hybridized carbons (Fsp3) is 0. The minimum Gasteiger partial charge on any atom is -0.505 e. The predicted molar refractivity (Wildman–Crippen MR) is 88.2 cm³/mol. The first kappa shape index (κ1) is 15.0. The maximum Gasteiger partial charge on any atom is 0.339 e. The molecule has 0 saturated carbocycles. The Morgan fingerprint density at radius 3 is 2.43 bits per heavy atom. The third-order valence-electron chi connectivity index (χ3n) is 3.34. The molecule has 0 aliphatic rings. The van der Waals surface area contributed by atoms with Crippen molar-refractivity contribution < 1.29 is 15.0 Å². The maximum absolute atomic E-state index is 11.3. The molecule has 0 saturated heterocycles. The van der Waals surface area contributed by atoms with Gasteiger partial charge in [0.1, 0.15) is 16.9 Å². The summed E-state index contributed by atoms with van der Waals surface area (Å²) in [7, 11) is 0. The second-order valence-corrected chi connectivity index (χ2v) is 5.21. The lowest BCUT2D eigenvalue weighted by molar-refractivity contribution is 0.0694. The minimum absolute atomic E-state index is 0.0976. The van der Waals surface area contributed by atoms with E-state index in [1.54, 1.807) is 48.5 Å². The van der Waals surface area contributed by atoms with Crippen LogP contribution in [-0.4, -0.2) is 16.2 Å². The Labute approximate surface area is 136 Å². The number of carbonyl (C=O) groups is 1. The van der Waals surface area contributed by atoms with E-state index in [1.165, 1.54) is 6.07 Å². The topological polar surface area (TPSA) is 82.2 Å². The van der Waals surface area contributed by atoms with Gasteiger partial charge in [0.2, 0.25) is 0 Å². The molecule has 0 aromatic heterocycles. The fourth-order valence-electron chi connectivity index (χ4n) is 2.22. The minimum atomic E-state index is -1.23. The van der Waals surface area contributed by atoms with E-state index in [1.807, 2.05) is 0 Å². The molecule has 6 heteroatoms. The van der Waals surface area contributed by atoms with Crippen LogP contribution in [0.5, 0.6) is 5.75 Å². The van der Waals surface area contributed by atoms with Crippen LogP contribution in [0.2, 0.25) is 5.02 Å². The van der Waals surface area contributed by atoms with Gasteiger partial charge < -0.3 is 10.2 Å². The quantitative estimate of drug-likeness (QED) is 0.639. The Morgan fingerprint density at radius 1 is 1.00 bits per heavy atom. The van der Waals surface area contributed by atoms with Crippen LogP contribution in [0.15, 0.2) is 64.8 Å². The normalized spacial score (nSPS) is 11.2. The van der Waals surface area contributed by atoms with Crippen molar-refractivity contribution in [2.45, 2.75) is 0 Å². The van der Waals surface area contributed by atoms with Gasteiger partial charge >= 0.3 is 5.97 Å². The number of aromatic carboxylic acids is 1. The van der Waals surface area contributed by atoms with Gasteiger partial charge in [-0.15, -0.1) is 10.2 Å². The maximum atomic E-state index is 11.3. The van der Waals surface area contributed by atoms with Gasteiger partial charge in [-0.1, -0.05) is 48.0 Å². The second-order valence-electron chi connectivity index (χ2n) is 4.80. The van der Waals surface area contributed by atoms with E-state index in [4.69, 9.17) is 11.6 Å². The van der Waals surface area contributed by atoms with Crippen LogP contribution in [0.4, 0.5) is 11.4 Å². The molecule has 0 fully saturated rings. The molecule has 0 unspecified atom stereocenters.